The van der Waals surface area contributed by atoms with Gasteiger partial charge in [-0.05, 0) is 44.6 Å². The molecular formula is C16H31NO2. The molecule has 0 radical (unpaired) electrons. The van der Waals surface area contributed by atoms with Gasteiger partial charge in [-0.2, -0.15) is 0 Å². The zero-order valence-electron chi connectivity index (χ0n) is 12.5. The number of unbranched alkanes of at least 4 members (excludes halogenated alkanes) is 1. The van der Waals surface area contributed by atoms with Gasteiger partial charge in [0.15, 0.2) is 0 Å². The number of rotatable bonds is 8. The van der Waals surface area contributed by atoms with Crippen molar-refractivity contribution in [3.05, 3.63) is 0 Å². The van der Waals surface area contributed by atoms with Crippen LogP contribution in [-0.4, -0.2) is 48.5 Å². The van der Waals surface area contributed by atoms with E-state index in [4.69, 9.17) is 4.74 Å². The molecular weight excluding hydrogens is 238 g/mol. The minimum absolute atomic E-state index is 0.307. The highest BCUT2D eigenvalue weighted by atomic mass is 16.5. The van der Waals surface area contributed by atoms with Crippen LogP contribution in [0.25, 0.3) is 0 Å². The zero-order chi connectivity index (χ0) is 13.5. The van der Waals surface area contributed by atoms with E-state index in [2.05, 4.69) is 11.8 Å². The quantitative estimate of drug-likeness (QED) is 0.688. The molecule has 2 fully saturated rings. The number of aliphatic hydroxyl groups is 1. The maximum atomic E-state index is 10.1. The van der Waals surface area contributed by atoms with Crippen LogP contribution in [0, 0.1) is 5.92 Å². The lowest BCUT2D eigenvalue weighted by molar-refractivity contribution is 0.00939. The normalized spacial score (nSPS) is 27.2. The number of hydrogen-bond donors (Lipinski definition) is 1. The summed E-state index contributed by atoms with van der Waals surface area (Å²) in [5.41, 5.74) is 0. The highest BCUT2D eigenvalue weighted by molar-refractivity contribution is 4.88. The summed E-state index contributed by atoms with van der Waals surface area (Å²) in [5, 5.41) is 10.1. The van der Waals surface area contributed by atoms with Crippen LogP contribution in [0.1, 0.15) is 58.3 Å². The second-order valence-electron chi connectivity index (χ2n) is 6.33. The number of aliphatic hydroxyl groups excluding tert-OH is 1. The summed E-state index contributed by atoms with van der Waals surface area (Å²) in [7, 11) is 0. The second-order valence-corrected chi connectivity index (χ2v) is 6.33. The van der Waals surface area contributed by atoms with E-state index >= 15 is 0 Å². The summed E-state index contributed by atoms with van der Waals surface area (Å²) in [4.78, 5) is 2.53. The third kappa shape index (κ3) is 4.73. The van der Waals surface area contributed by atoms with Crippen LogP contribution in [0.4, 0.5) is 0 Å². The molecule has 1 aliphatic carbocycles. The number of β-amino-alcohol motifs (C(OH)–C–C–N with tert-alkyl or cyclic N) is 1. The monoisotopic (exact) mass is 269 g/mol. The minimum Gasteiger partial charge on any atom is -0.389 e. The van der Waals surface area contributed by atoms with Gasteiger partial charge in [-0.25, -0.2) is 0 Å². The standard InChI is InChI=1S/C16H31NO2/c1-2-3-11-19-13-15(18)12-17-10-6-9-16(17)14-7-4-5-8-14/h14-16,18H,2-13H2,1H3. The molecule has 1 heterocycles. The van der Waals surface area contributed by atoms with E-state index < -0.39 is 0 Å². The van der Waals surface area contributed by atoms with E-state index in [-0.39, 0.29) is 6.10 Å². The Kier molecular flexibility index (Phi) is 6.62. The van der Waals surface area contributed by atoms with Gasteiger partial charge in [0.05, 0.1) is 12.7 Å². The molecule has 0 aromatic heterocycles. The average Bonchev–Trinajstić information content (AvgIpc) is 3.04. The lowest BCUT2D eigenvalue weighted by atomic mass is 9.96. The van der Waals surface area contributed by atoms with E-state index in [1.807, 2.05) is 0 Å². The summed E-state index contributed by atoms with van der Waals surface area (Å²) in [6, 6.07) is 0.743. The Hall–Kier alpha value is -0.120. The maximum absolute atomic E-state index is 10.1. The van der Waals surface area contributed by atoms with Gasteiger partial charge in [0, 0.05) is 19.2 Å². The zero-order valence-corrected chi connectivity index (χ0v) is 12.5. The lowest BCUT2D eigenvalue weighted by Crippen LogP contribution is -2.41. The van der Waals surface area contributed by atoms with E-state index in [1.54, 1.807) is 0 Å². The summed E-state index contributed by atoms with van der Waals surface area (Å²) >= 11 is 0. The van der Waals surface area contributed by atoms with Gasteiger partial charge in [0.25, 0.3) is 0 Å². The smallest absolute Gasteiger partial charge is 0.0900 e. The second kappa shape index (κ2) is 8.23. The van der Waals surface area contributed by atoms with Crippen LogP contribution in [0.3, 0.4) is 0 Å². The summed E-state index contributed by atoms with van der Waals surface area (Å²) < 4.78 is 5.53. The molecule has 2 rings (SSSR count). The van der Waals surface area contributed by atoms with E-state index in [9.17, 15) is 5.11 Å². The Morgan fingerprint density at radius 1 is 1.21 bits per heavy atom. The van der Waals surface area contributed by atoms with Crippen LogP contribution < -0.4 is 0 Å². The highest BCUT2D eigenvalue weighted by Crippen LogP contribution is 2.35. The first-order valence-electron chi connectivity index (χ1n) is 8.31. The largest absolute Gasteiger partial charge is 0.389 e. The van der Waals surface area contributed by atoms with Crippen molar-refractivity contribution in [3.8, 4) is 0 Å². The van der Waals surface area contributed by atoms with Crippen LogP contribution in [0.2, 0.25) is 0 Å². The molecule has 2 aliphatic rings. The van der Waals surface area contributed by atoms with Crippen molar-refractivity contribution in [2.75, 3.05) is 26.3 Å². The van der Waals surface area contributed by atoms with E-state index in [0.29, 0.717) is 6.61 Å². The first-order chi connectivity index (χ1) is 9.31. The van der Waals surface area contributed by atoms with Gasteiger partial charge in [0.1, 0.15) is 0 Å². The fraction of sp³-hybridized carbons (Fsp3) is 1.00. The van der Waals surface area contributed by atoms with Crippen molar-refractivity contribution in [3.63, 3.8) is 0 Å². The van der Waals surface area contributed by atoms with Crippen LogP contribution in [0.5, 0.6) is 0 Å². The molecule has 0 amide bonds. The fourth-order valence-corrected chi connectivity index (χ4v) is 3.74. The van der Waals surface area contributed by atoms with Crippen LogP contribution in [0.15, 0.2) is 0 Å². The summed E-state index contributed by atoms with van der Waals surface area (Å²) in [6.07, 6.45) is 10.2. The van der Waals surface area contributed by atoms with E-state index in [1.165, 1.54) is 45.1 Å². The predicted octanol–water partition coefficient (Wildman–Crippen LogP) is 2.82. The Morgan fingerprint density at radius 3 is 2.74 bits per heavy atom. The number of likely N-dealkylation sites (tertiary alicyclic amines) is 1. The molecule has 3 heteroatoms. The molecule has 0 aromatic carbocycles. The lowest BCUT2D eigenvalue weighted by Gasteiger charge is -2.30. The van der Waals surface area contributed by atoms with Crippen LogP contribution >= 0.6 is 0 Å². The molecule has 2 atom stereocenters. The Morgan fingerprint density at radius 2 is 2.00 bits per heavy atom. The molecule has 0 bridgehead atoms. The molecule has 0 spiro atoms. The topological polar surface area (TPSA) is 32.7 Å². The summed E-state index contributed by atoms with van der Waals surface area (Å²) in [5.74, 6) is 0.899. The van der Waals surface area contributed by atoms with E-state index in [0.717, 1.165) is 38.0 Å². The Bertz CT molecular complexity index is 241. The van der Waals surface area contributed by atoms with Gasteiger partial charge in [-0.3, -0.25) is 4.90 Å². The number of ether oxygens (including phenoxy) is 1. The predicted molar refractivity (Wildman–Crippen MR) is 78.3 cm³/mol. The third-order valence-corrected chi connectivity index (χ3v) is 4.76. The molecule has 1 saturated carbocycles. The van der Waals surface area contributed by atoms with Gasteiger partial charge in [-0.1, -0.05) is 26.2 Å². The molecule has 19 heavy (non-hydrogen) atoms. The molecule has 0 aromatic rings. The molecule has 1 N–H and O–H groups in total. The maximum Gasteiger partial charge on any atom is 0.0900 e. The van der Waals surface area contributed by atoms with Crippen molar-refractivity contribution >= 4 is 0 Å². The SMILES string of the molecule is CCCCOCC(O)CN1CCCC1C1CCCC1. The van der Waals surface area contributed by atoms with Gasteiger partial charge in [0.2, 0.25) is 0 Å². The molecule has 112 valence electrons. The minimum atomic E-state index is -0.307. The number of hydrogen-bond acceptors (Lipinski definition) is 3. The highest BCUT2D eigenvalue weighted by Gasteiger charge is 2.33. The van der Waals surface area contributed by atoms with Crippen molar-refractivity contribution < 1.29 is 9.84 Å². The average molecular weight is 269 g/mol. The number of nitrogens with zero attached hydrogens (tertiary/aromatic N) is 1. The first-order valence-corrected chi connectivity index (χ1v) is 8.31. The van der Waals surface area contributed by atoms with Crippen molar-refractivity contribution in [1.82, 2.24) is 4.90 Å². The Balaban J connectivity index is 1.68. The van der Waals surface area contributed by atoms with Crippen molar-refractivity contribution in [2.45, 2.75) is 70.4 Å². The van der Waals surface area contributed by atoms with Gasteiger partial charge >= 0.3 is 0 Å². The first kappa shape index (κ1) is 15.3. The Labute approximate surface area is 118 Å². The summed E-state index contributed by atoms with van der Waals surface area (Å²) in [6.45, 7) is 5.45. The van der Waals surface area contributed by atoms with Gasteiger partial charge in [-0.15, -0.1) is 0 Å². The fourth-order valence-electron chi connectivity index (χ4n) is 3.74. The molecule has 2 unspecified atom stereocenters. The molecule has 1 saturated heterocycles. The van der Waals surface area contributed by atoms with Gasteiger partial charge < -0.3 is 9.84 Å². The van der Waals surface area contributed by atoms with Crippen molar-refractivity contribution in [1.29, 1.82) is 0 Å². The van der Waals surface area contributed by atoms with Crippen molar-refractivity contribution in [2.24, 2.45) is 5.92 Å². The molecule has 3 nitrogen and oxygen atoms in total. The van der Waals surface area contributed by atoms with Crippen LogP contribution in [-0.2, 0) is 4.74 Å². The molecule has 1 aliphatic heterocycles. The third-order valence-electron chi connectivity index (χ3n) is 4.76.